The molecular formula is C14H23O7S. The number of unbranched alkanes of at least 4 members (excludes halogenated alkanes) is 2. The number of hydrogen-bond donors (Lipinski definition) is 1. The van der Waals surface area contributed by atoms with E-state index >= 15 is 0 Å². The maximum atomic E-state index is 11.7. The van der Waals surface area contributed by atoms with E-state index in [9.17, 15) is 18.0 Å². The van der Waals surface area contributed by atoms with Crippen molar-refractivity contribution in [2.75, 3.05) is 0 Å². The van der Waals surface area contributed by atoms with Crippen LogP contribution in [0, 0.1) is 6.92 Å². The monoisotopic (exact) mass is 335 g/mol. The second-order valence-corrected chi connectivity index (χ2v) is 6.45. The van der Waals surface area contributed by atoms with Gasteiger partial charge in [-0.25, -0.2) is 4.79 Å². The van der Waals surface area contributed by atoms with E-state index in [1.807, 2.05) is 6.92 Å². The molecule has 0 aromatic carbocycles. The van der Waals surface area contributed by atoms with Gasteiger partial charge in [0.15, 0.2) is 6.10 Å². The molecule has 0 rings (SSSR count). The molecule has 0 spiro atoms. The lowest BCUT2D eigenvalue weighted by Gasteiger charge is -2.27. The lowest BCUT2D eigenvalue weighted by atomic mass is 10.1. The van der Waals surface area contributed by atoms with Crippen LogP contribution in [0.5, 0.6) is 0 Å². The Hall–Kier alpha value is -1.41. The van der Waals surface area contributed by atoms with Gasteiger partial charge in [-0.15, -0.1) is 0 Å². The van der Waals surface area contributed by atoms with Crippen molar-refractivity contribution in [2.24, 2.45) is 0 Å². The Morgan fingerprint density at radius 2 is 1.86 bits per heavy atom. The highest BCUT2D eigenvalue weighted by Crippen LogP contribution is 2.16. The third kappa shape index (κ3) is 7.56. The highest BCUT2D eigenvalue weighted by molar-refractivity contribution is 7.86. The minimum atomic E-state index is -4.57. The molecule has 1 radical (unpaired) electrons. The molecule has 127 valence electrons. The van der Waals surface area contributed by atoms with E-state index in [-0.39, 0.29) is 6.42 Å². The predicted octanol–water partition coefficient (Wildman–Crippen LogP) is 1.69. The van der Waals surface area contributed by atoms with Crippen LogP contribution < -0.4 is 0 Å². The van der Waals surface area contributed by atoms with E-state index < -0.39 is 39.5 Å². The molecule has 0 saturated heterocycles. The summed E-state index contributed by atoms with van der Waals surface area (Å²) in [6.45, 7) is 9.80. The summed E-state index contributed by atoms with van der Waals surface area (Å²) in [5.41, 5.74) is 0. The average molecular weight is 335 g/mol. The Balaban J connectivity index is 4.97. The fraction of sp³-hybridized carbons (Fsp3) is 0.643. The van der Waals surface area contributed by atoms with Gasteiger partial charge >= 0.3 is 11.9 Å². The Labute approximate surface area is 131 Å². The van der Waals surface area contributed by atoms with Gasteiger partial charge in [0.05, 0.1) is 0 Å². The van der Waals surface area contributed by atoms with Crippen LogP contribution in [0.1, 0.15) is 39.5 Å². The van der Waals surface area contributed by atoms with Gasteiger partial charge in [-0.3, -0.25) is 9.35 Å². The molecule has 3 unspecified atom stereocenters. The third-order valence-corrected chi connectivity index (χ3v) is 3.97. The molecule has 0 fully saturated rings. The fourth-order valence-electron chi connectivity index (χ4n) is 1.67. The van der Waals surface area contributed by atoms with Crippen LogP contribution in [0.2, 0.25) is 0 Å². The molecule has 0 saturated carbocycles. The molecule has 0 heterocycles. The highest BCUT2D eigenvalue weighted by Gasteiger charge is 2.37. The largest absolute Gasteiger partial charge is 0.457 e. The first-order chi connectivity index (χ1) is 10.1. The number of ether oxygens (including phenoxy) is 2. The quantitative estimate of drug-likeness (QED) is 0.280. The number of rotatable bonds is 10. The summed E-state index contributed by atoms with van der Waals surface area (Å²) in [6, 6.07) is 0. The van der Waals surface area contributed by atoms with Crippen LogP contribution in [0.15, 0.2) is 12.7 Å². The average Bonchev–Trinajstić information content (AvgIpc) is 2.42. The summed E-state index contributed by atoms with van der Waals surface area (Å²) in [5, 5.41) is -1.67. The molecule has 0 aromatic rings. The van der Waals surface area contributed by atoms with Crippen LogP contribution in [-0.2, 0) is 29.2 Å². The van der Waals surface area contributed by atoms with Gasteiger partial charge in [-0.1, -0.05) is 26.3 Å². The van der Waals surface area contributed by atoms with Gasteiger partial charge in [0, 0.05) is 12.5 Å². The third-order valence-electron chi connectivity index (χ3n) is 2.93. The zero-order valence-electron chi connectivity index (χ0n) is 12.9. The van der Waals surface area contributed by atoms with E-state index in [0.29, 0.717) is 6.42 Å². The Morgan fingerprint density at radius 1 is 1.27 bits per heavy atom. The number of carbonyl (C=O) groups is 2. The van der Waals surface area contributed by atoms with Gasteiger partial charge < -0.3 is 9.47 Å². The zero-order valence-corrected chi connectivity index (χ0v) is 13.7. The van der Waals surface area contributed by atoms with Crippen LogP contribution in [0.3, 0.4) is 0 Å². The van der Waals surface area contributed by atoms with Crippen molar-refractivity contribution in [2.45, 2.75) is 57.0 Å². The summed E-state index contributed by atoms with van der Waals surface area (Å²) >= 11 is 0. The molecule has 0 aliphatic heterocycles. The fourth-order valence-corrected chi connectivity index (χ4v) is 2.29. The summed E-state index contributed by atoms with van der Waals surface area (Å²) in [4.78, 5) is 22.9. The maximum Gasteiger partial charge on any atom is 0.330 e. The molecule has 1 N–H and O–H groups in total. The van der Waals surface area contributed by atoms with Gasteiger partial charge in [-0.2, -0.15) is 8.42 Å². The van der Waals surface area contributed by atoms with Crippen LogP contribution >= 0.6 is 0 Å². The first kappa shape index (κ1) is 20.6. The standard InChI is InChI=1S/C14H23O7S/c1-5-7-8-9-13(16)21-14(11(4)22(17,18)19)10(3)20-12(15)6-2/h6,10-11,14H,2,4-5,7-9H2,1,3H3,(H,17,18,19). The van der Waals surface area contributed by atoms with Gasteiger partial charge in [-0.05, 0) is 20.3 Å². The zero-order chi connectivity index (χ0) is 17.3. The van der Waals surface area contributed by atoms with E-state index in [1.165, 1.54) is 6.92 Å². The summed E-state index contributed by atoms with van der Waals surface area (Å²) in [6.07, 6.45) is 0.807. The molecule has 0 aliphatic carbocycles. The van der Waals surface area contributed by atoms with Crippen molar-refractivity contribution in [3.8, 4) is 0 Å². The lowest BCUT2D eigenvalue weighted by Crippen LogP contribution is -2.44. The van der Waals surface area contributed by atoms with Gasteiger partial charge in [0.1, 0.15) is 11.4 Å². The molecule has 0 amide bonds. The molecule has 0 bridgehead atoms. The SMILES string of the molecule is [CH2]C(C(OC(=O)CCCCC)C(C)OC(=O)C=C)S(=O)(=O)O. The Morgan fingerprint density at radius 3 is 2.32 bits per heavy atom. The van der Waals surface area contributed by atoms with Crippen molar-refractivity contribution >= 4 is 22.1 Å². The van der Waals surface area contributed by atoms with E-state index in [0.717, 1.165) is 18.9 Å². The number of carbonyl (C=O) groups excluding carboxylic acids is 2. The van der Waals surface area contributed by atoms with Crippen molar-refractivity contribution in [1.82, 2.24) is 0 Å². The molecule has 0 aromatic heterocycles. The molecule has 3 atom stereocenters. The van der Waals surface area contributed by atoms with Gasteiger partial charge in [0.2, 0.25) is 0 Å². The van der Waals surface area contributed by atoms with Gasteiger partial charge in [0.25, 0.3) is 10.1 Å². The summed E-state index contributed by atoms with van der Waals surface area (Å²) < 4.78 is 41.4. The van der Waals surface area contributed by atoms with Crippen molar-refractivity contribution in [1.29, 1.82) is 0 Å². The lowest BCUT2D eigenvalue weighted by molar-refractivity contribution is -0.163. The van der Waals surface area contributed by atoms with Crippen LogP contribution in [0.25, 0.3) is 0 Å². The smallest absolute Gasteiger partial charge is 0.330 e. The topological polar surface area (TPSA) is 107 Å². The molecular weight excluding hydrogens is 312 g/mol. The maximum absolute atomic E-state index is 11.7. The molecule has 8 heteroatoms. The minimum Gasteiger partial charge on any atom is -0.457 e. The van der Waals surface area contributed by atoms with Crippen molar-refractivity contribution in [3.05, 3.63) is 19.6 Å². The number of esters is 2. The van der Waals surface area contributed by atoms with E-state index in [4.69, 9.17) is 14.0 Å². The van der Waals surface area contributed by atoms with Crippen LogP contribution in [-0.4, -0.2) is 42.4 Å². The molecule has 7 nitrogen and oxygen atoms in total. The first-order valence-electron chi connectivity index (χ1n) is 6.95. The predicted molar refractivity (Wildman–Crippen MR) is 80.5 cm³/mol. The second-order valence-electron chi connectivity index (χ2n) is 4.81. The minimum absolute atomic E-state index is 0.102. The van der Waals surface area contributed by atoms with Crippen molar-refractivity contribution in [3.63, 3.8) is 0 Å². The summed E-state index contributed by atoms with van der Waals surface area (Å²) in [7, 11) is -4.57. The second kappa shape index (κ2) is 9.58. The normalized spacial score (nSPS) is 15.5. The van der Waals surface area contributed by atoms with E-state index in [1.54, 1.807) is 0 Å². The van der Waals surface area contributed by atoms with Crippen LogP contribution in [0.4, 0.5) is 0 Å². The Bertz CT molecular complexity index is 483. The number of hydrogen-bond acceptors (Lipinski definition) is 6. The first-order valence-corrected chi connectivity index (χ1v) is 8.45. The van der Waals surface area contributed by atoms with Crippen molar-refractivity contribution < 1.29 is 32.0 Å². The molecule has 22 heavy (non-hydrogen) atoms. The summed E-state index contributed by atoms with van der Waals surface area (Å²) in [5.74, 6) is -1.45. The van der Waals surface area contributed by atoms with E-state index in [2.05, 4.69) is 13.5 Å². The Kier molecular flexibility index (Phi) is 8.96. The molecule has 0 aliphatic rings. The highest BCUT2D eigenvalue weighted by atomic mass is 32.2.